The Bertz CT molecular complexity index is 1080. The van der Waals surface area contributed by atoms with Crippen LogP contribution in [0.2, 0.25) is 0 Å². The van der Waals surface area contributed by atoms with Gasteiger partial charge in [0.2, 0.25) is 16.1 Å². The molecule has 0 spiro atoms. The van der Waals surface area contributed by atoms with Crippen molar-refractivity contribution < 1.29 is 40.6 Å². The Balaban J connectivity index is 1.69. The number of sulfone groups is 1. The molecule has 0 fully saturated rings. The summed E-state index contributed by atoms with van der Waals surface area (Å²) in [6.07, 6.45) is -1.36. The van der Waals surface area contributed by atoms with E-state index in [1.54, 1.807) is 0 Å². The highest BCUT2D eigenvalue weighted by Crippen LogP contribution is 2.27. The summed E-state index contributed by atoms with van der Waals surface area (Å²) in [6.45, 7) is 0.193. The van der Waals surface area contributed by atoms with Crippen LogP contribution < -0.4 is 15.8 Å². The summed E-state index contributed by atoms with van der Waals surface area (Å²) in [4.78, 5) is 15.4. The maximum atomic E-state index is 12.7. The molecule has 0 bridgehead atoms. The van der Waals surface area contributed by atoms with Crippen LogP contribution in [-0.4, -0.2) is 38.5 Å². The molecule has 0 saturated carbocycles. The maximum absolute atomic E-state index is 12.7. The summed E-state index contributed by atoms with van der Waals surface area (Å²) in [7, 11) is -4.14. The van der Waals surface area contributed by atoms with Crippen molar-refractivity contribution in [2.45, 2.75) is 28.9 Å². The smallest absolute Gasteiger partial charge is 0.459 e. The summed E-state index contributed by atoms with van der Waals surface area (Å²) < 4.78 is 75.9. The minimum Gasteiger partial charge on any atom is -0.459 e. The van der Waals surface area contributed by atoms with Crippen LogP contribution in [0.25, 0.3) is 0 Å². The molecule has 31 heavy (non-hydrogen) atoms. The lowest BCUT2D eigenvalue weighted by Crippen LogP contribution is -2.29. The first-order valence-electron chi connectivity index (χ1n) is 8.67. The van der Waals surface area contributed by atoms with Crippen LogP contribution in [0.15, 0.2) is 58.8 Å². The number of anilines is 1. The highest BCUT2D eigenvalue weighted by Gasteiger charge is 2.31. The molecular formula is C18H16F3N3O6S. The van der Waals surface area contributed by atoms with Gasteiger partial charge in [-0.15, -0.1) is 13.2 Å². The van der Waals surface area contributed by atoms with Crippen molar-refractivity contribution in [3.05, 3.63) is 54.7 Å². The number of nitrogen functional groups attached to an aromatic ring is 1. The average molecular weight is 459 g/mol. The van der Waals surface area contributed by atoms with Gasteiger partial charge in [0.05, 0.1) is 15.5 Å². The summed E-state index contributed by atoms with van der Waals surface area (Å²) in [5, 5.41) is 2.56. The number of benzene rings is 1. The van der Waals surface area contributed by atoms with E-state index < -0.39 is 34.1 Å². The van der Waals surface area contributed by atoms with Gasteiger partial charge in [-0.3, -0.25) is 4.79 Å². The maximum Gasteiger partial charge on any atom is 0.573 e. The van der Waals surface area contributed by atoms with Crippen molar-refractivity contribution >= 4 is 21.4 Å². The first-order chi connectivity index (χ1) is 14.6. The predicted octanol–water partition coefficient (Wildman–Crippen LogP) is 2.36. The number of carbonyl (C=O) groups excluding carboxylic acids is 1. The number of hydrogen-bond acceptors (Lipinski definition) is 8. The molecule has 13 heteroatoms. The average Bonchev–Trinajstić information content (AvgIpc) is 3.20. The molecule has 0 atom stereocenters. The van der Waals surface area contributed by atoms with Gasteiger partial charge in [0, 0.05) is 19.2 Å². The van der Waals surface area contributed by atoms with Gasteiger partial charge in [0.25, 0.3) is 5.91 Å². The number of rotatable bonds is 7. The number of alkyl halides is 3. The zero-order chi connectivity index (χ0) is 22.6. The van der Waals surface area contributed by atoms with E-state index in [4.69, 9.17) is 15.2 Å². The first-order valence-corrected chi connectivity index (χ1v) is 10.1. The van der Waals surface area contributed by atoms with Crippen LogP contribution in [-0.2, 0) is 19.3 Å². The molecule has 3 rings (SSSR count). The molecule has 2 aromatic rings. The summed E-state index contributed by atoms with van der Waals surface area (Å²) >= 11 is 0. The second kappa shape index (κ2) is 8.71. The van der Waals surface area contributed by atoms with Crippen LogP contribution in [0.3, 0.4) is 0 Å². The van der Waals surface area contributed by atoms with Gasteiger partial charge in [0.1, 0.15) is 18.3 Å². The molecule has 0 saturated heterocycles. The van der Waals surface area contributed by atoms with Crippen molar-refractivity contribution in [2.75, 3.05) is 12.3 Å². The number of amides is 1. The van der Waals surface area contributed by atoms with Gasteiger partial charge in [-0.05, 0) is 30.3 Å². The normalized spacial score (nSPS) is 14.0. The topological polar surface area (TPSA) is 130 Å². The Hall–Kier alpha value is -3.48. The summed E-state index contributed by atoms with van der Waals surface area (Å²) in [6, 6.07) is 4.69. The van der Waals surface area contributed by atoms with Crippen molar-refractivity contribution in [1.82, 2.24) is 10.3 Å². The van der Waals surface area contributed by atoms with Crippen molar-refractivity contribution in [3.8, 4) is 5.75 Å². The van der Waals surface area contributed by atoms with E-state index in [2.05, 4.69) is 15.0 Å². The highest BCUT2D eigenvalue weighted by atomic mass is 32.2. The third kappa shape index (κ3) is 5.57. The molecule has 166 valence electrons. The molecule has 3 N–H and O–H groups in total. The van der Waals surface area contributed by atoms with Crippen molar-refractivity contribution in [3.63, 3.8) is 0 Å². The number of nitrogens with one attached hydrogen (secondary N) is 1. The second-order valence-corrected chi connectivity index (χ2v) is 8.10. The van der Waals surface area contributed by atoms with E-state index in [9.17, 15) is 26.4 Å². The van der Waals surface area contributed by atoms with E-state index in [1.165, 1.54) is 12.5 Å². The molecule has 1 aliphatic rings. The Morgan fingerprint density at radius 1 is 1.16 bits per heavy atom. The minimum absolute atomic E-state index is 0.181. The minimum atomic E-state index is -4.90. The molecular weight excluding hydrogens is 443 g/mol. The zero-order valence-corrected chi connectivity index (χ0v) is 16.4. The van der Waals surface area contributed by atoms with E-state index in [-0.39, 0.29) is 27.7 Å². The van der Waals surface area contributed by atoms with Crippen molar-refractivity contribution in [1.29, 1.82) is 0 Å². The number of nitrogens with two attached hydrogens (primary N) is 1. The third-order valence-corrected chi connectivity index (χ3v) is 5.70. The number of pyridine rings is 1. The van der Waals surface area contributed by atoms with Crippen LogP contribution >= 0.6 is 0 Å². The number of nitrogens with zero attached hydrogens (tertiary/aromatic N) is 1. The third-order valence-electron chi connectivity index (χ3n) is 3.97. The number of ether oxygens (including phenoxy) is 3. The number of carbonyl (C=O) groups is 1. The van der Waals surface area contributed by atoms with E-state index in [0.717, 1.165) is 36.5 Å². The molecule has 1 aromatic heterocycles. The monoisotopic (exact) mass is 459 g/mol. The lowest BCUT2D eigenvalue weighted by molar-refractivity contribution is -0.274. The van der Waals surface area contributed by atoms with Crippen LogP contribution in [0.4, 0.5) is 18.9 Å². The standard InChI is InChI=1S/C18H16F3N3O6S/c19-18(20,21)30-11-1-3-12(4-2-11)31(26,27)13-9-14(22)16(24-10-13)17(25)23-6-5-15-28-7-8-29-15/h1-4,7-10,15H,5-6,22H2,(H,23,25). The van der Waals surface area contributed by atoms with E-state index >= 15 is 0 Å². The second-order valence-electron chi connectivity index (χ2n) is 6.15. The van der Waals surface area contributed by atoms with Crippen LogP contribution in [0, 0.1) is 0 Å². The van der Waals surface area contributed by atoms with Gasteiger partial charge >= 0.3 is 6.36 Å². The van der Waals surface area contributed by atoms with Crippen LogP contribution in [0.5, 0.6) is 5.75 Å². The van der Waals surface area contributed by atoms with Gasteiger partial charge < -0.3 is 25.3 Å². The predicted molar refractivity (Wildman–Crippen MR) is 99.3 cm³/mol. The fourth-order valence-electron chi connectivity index (χ4n) is 2.55. The Kier molecular flexibility index (Phi) is 6.24. The summed E-state index contributed by atoms with van der Waals surface area (Å²) in [5.74, 6) is -1.19. The molecule has 1 amide bonds. The summed E-state index contributed by atoms with van der Waals surface area (Å²) in [5.41, 5.74) is 5.42. The largest absolute Gasteiger partial charge is 0.573 e. The molecule has 0 radical (unpaired) electrons. The lowest BCUT2D eigenvalue weighted by atomic mass is 10.3. The van der Waals surface area contributed by atoms with E-state index in [1.807, 2.05) is 0 Å². The Morgan fingerprint density at radius 3 is 2.39 bits per heavy atom. The highest BCUT2D eigenvalue weighted by molar-refractivity contribution is 7.91. The van der Waals surface area contributed by atoms with Gasteiger partial charge in [-0.25, -0.2) is 13.4 Å². The zero-order valence-electron chi connectivity index (χ0n) is 15.6. The van der Waals surface area contributed by atoms with Crippen LogP contribution in [0.1, 0.15) is 16.9 Å². The quantitative estimate of drug-likeness (QED) is 0.646. The lowest BCUT2D eigenvalue weighted by Gasteiger charge is -2.12. The van der Waals surface area contributed by atoms with Gasteiger partial charge in [0.15, 0.2) is 5.69 Å². The number of hydrogen-bond donors (Lipinski definition) is 2. The molecule has 1 aliphatic heterocycles. The van der Waals surface area contributed by atoms with Gasteiger partial charge in [-0.1, -0.05) is 0 Å². The molecule has 0 unspecified atom stereocenters. The van der Waals surface area contributed by atoms with E-state index in [0.29, 0.717) is 6.42 Å². The fraction of sp³-hybridized carbons (Fsp3) is 0.222. The molecule has 0 aliphatic carbocycles. The molecule has 1 aromatic carbocycles. The molecule has 2 heterocycles. The van der Waals surface area contributed by atoms with Gasteiger partial charge in [-0.2, -0.15) is 0 Å². The number of aromatic nitrogens is 1. The Labute approximate surface area is 174 Å². The fourth-order valence-corrected chi connectivity index (χ4v) is 3.79. The van der Waals surface area contributed by atoms with Crippen molar-refractivity contribution in [2.24, 2.45) is 0 Å². The molecule has 9 nitrogen and oxygen atoms in total. The number of halogens is 3. The first kappa shape index (κ1) is 22.2. The SMILES string of the molecule is Nc1cc(S(=O)(=O)c2ccc(OC(F)(F)F)cc2)cnc1C(=O)NCCC1OC=CO1. The Morgan fingerprint density at radius 2 is 1.81 bits per heavy atom.